The molecule has 0 aliphatic heterocycles. The second kappa shape index (κ2) is 10.6. The molecule has 110 valence electrons. The first-order valence-electron chi connectivity index (χ1n) is 7.93. The van der Waals surface area contributed by atoms with Gasteiger partial charge in [-0.25, -0.2) is 0 Å². The lowest BCUT2D eigenvalue weighted by Gasteiger charge is -2.12. The summed E-state index contributed by atoms with van der Waals surface area (Å²) in [4.78, 5) is 0. The van der Waals surface area contributed by atoms with E-state index in [1.807, 2.05) is 0 Å². The summed E-state index contributed by atoms with van der Waals surface area (Å²) >= 11 is 0. The maximum atomic E-state index is 3.11. The molecule has 0 spiro atoms. The van der Waals surface area contributed by atoms with Crippen LogP contribution in [0.2, 0.25) is 5.54 Å². The molecule has 0 radical (unpaired) electrons. The van der Waals surface area contributed by atoms with E-state index in [-0.39, 0.29) is 9.52 Å². The Morgan fingerprint density at radius 2 is 1.75 bits per heavy atom. The number of hydrogen-bond donors (Lipinski definition) is 1. The third-order valence-electron chi connectivity index (χ3n) is 3.47. The lowest BCUT2D eigenvalue weighted by molar-refractivity contribution is 0.762. The van der Waals surface area contributed by atoms with Crippen LogP contribution in [0.3, 0.4) is 0 Å². The van der Waals surface area contributed by atoms with E-state index in [1.165, 1.54) is 12.8 Å². The summed E-state index contributed by atoms with van der Waals surface area (Å²) in [6, 6.07) is 11.0. The van der Waals surface area contributed by atoms with E-state index in [1.54, 1.807) is 10.8 Å². The lowest BCUT2D eigenvalue weighted by atomic mass is 10.1. The van der Waals surface area contributed by atoms with Crippen LogP contribution < -0.4 is 10.5 Å². The summed E-state index contributed by atoms with van der Waals surface area (Å²) in [6.07, 6.45) is 9.50. The molecule has 0 saturated carbocycles. The topological polar surface area (TPSA) is 12.0 Å². The van der Waals surface area contributed by atoms with Gasteiger partial charge in [-0.1, -0.05) is 86.5 Å². The Morgan fingerprint density at radius 3 is 2.30 bits per heavy atom. The highest BCUT2D eigenvalue weighted by Gasteiger charge is 2.14. The molecule has 0 aromatic heterocycles. The van der Waals surface area contributed by atoms with Crippen LogP contribution in [0.4, 0.5) is 0 Å². The molecular formula is C18H29NSi. The van der Waals surface area contributed by atoms with Crippen LogP contribution in [0.5, 0.6) is 0 Å². The van der Waals surface area contributed by atoms with Gasteiger partial charge in [0.25, 0.3) is 0 Å². The van der Waals surface area contributed by atoms with Gasteiger partial charge in [0.1, 0.15) is 0 Å². The lowest BCUT2D eigenvalue weighted by Crippen LogP contribution is -2.18. The molecule has 0 bridgehead atoms. The molecule has 2 rings (SSSR count). The van der Waals surface area contributed by atoms with Crippen molar-refractivity contribution in [1.82, 2.24) is 5.32 Å². The van der Waals surface area contributed by atoms with E-state index in [2.05, 4.69) is 74.6 Å². The van der Waals surface area contributed by atoms with Gasteiger partial charge >= 0.3 is 0 Å². The van der Waals surface area contributed by atoms with Gasteiger partial charge in [0, 0.05) is 0 Å². The quantitative estimate of drug-likeness (QED) is 0.793. The van der Waals surface area contributed by atoms with Crippen LogP contribution in [-0.4, -0.2) is 22.6 Å². The Hall–Kier alpha value is -1.12. The maximum absolute atomic E-state index is 3.11. The van der Waals surface area contributed by atoms with E-state index in [0.29, 0.717) is 0 Å². The molecule has 0 saturated heterocycles. The van der Waals surface area contributed by atoms with E-state index in [9.17, 15) is 0 Å². The van der Waals surface area contributed by atoms with Crippen molar-refractivity contribution in [3.63, 3.8) is 0 Å². The fourth-order valence-electron chi connectivity index (χ4n) is 2.44. The highest BCUT2D eigenvalue weighted by molar-refractivity contribution is 6.56. The number of rotatable bonds is 6. The average molecular weight is 288 g/mol. The van der Waals surface area contributed by atoms with E-state index in [0.717, 1.165) is 18.6 Å². The standard InChI is InChI=1S/C14H18Si.C4H11N/c1-2-7-12-8-6-11-14(12)15-13-9-4-3-5-10-13;1-3-5-4-2/h3-6,8-11,14H,2,7,15H2,1H3;5H,3-4H2,1-2H3. The van der Waals surface area contributed by atoms with E-state index in [4.69, 9.17) is 0 Å². The highest BCUT2D eigenvalue weighted by Crippen LogP contribution is 2.27. The fraction of sp³-hybridized carbons (Fsp3) is 0.444. The molecule has 1 aliphatic rings. The number of hydrogen-bond acceptors (Lipinski definition) is 1. The van der Waals surface area contributed by atoms with Crippen LogP contribution in [0, 0.1) is 0 Å². The summed E-state index contributed by atoms with van der Waals surface area (Å²) < 4.78 is 0. The monoisotopic (exact) mass is 287 g/mol. The molecule has 1 aromatic carbocycles. The third kappa shape index (κ3) is 6.35. The predicted molar refractivity (Wildman–Crippen MR) is 94.7 cm³/mol. The Kier molecular flexibility index (Phi) is 9.01. The van der Waals surface area contributed by atoms with Crippen molar-refractivity contribution in [3.8, 4) is 0 Å². The summed E-state index contributed by atoms with van der Waals surface area (Å²) in [6.45, 7) is 8.65. The van der Waals surface area contributed by atoms with Crippen LogP contribution in [-0.2, 0) is 0 Å². The molecule has 1 atom stereocenters. The Bertz CT molecular complexity index is 407. The minimum Gasteiger partial charge on any atom is -0.317 e. The first kappa shape index (κ1) is 16.9. The minimum atomic E-state index is -0.158. The summed E-state index contributed by atoms with van der Waals surface area (Å²) in [5, 5.41) is 4.69. The molecule has 20 heavy (non-hydrogen) atoms. The number of allylic oxidation sites excluding steroid dienone is 4. The Balaban J connectivity index is 0.000000347. The molecule has 1 aromatic rings. The largest absolute Gasteiger partial charge is 0.317 e. The zero-order chi connectivity index (χ0) is 14.6. The first-order chi connectivity index (χ1) is 9.81. The first-order valence-corrected chi connectivity index (χ1v) is 9.46. The van der Waals surface area contributed by atoms with Crippen LogP contribution >= 0.6 is 0 Å². The van der Waals surface area contributed by atoms with Crippen molar-refractivity contribution in [2.75, 3.05) is 13.1 Å². The predicted octanol–water partition coefficient (Wildman–Crippen LogP) is 3.18. The van der Waals surface area contributed by atoms with Crippen molar-refractivity contribution >= 4 is 14.7 Å². The van der Waals surface area contributed by atoms with Crippen molar-refractivity contribution in [2.45, 2.75) is 39.2 Å². The van der Waals surface area contributed by atoms with E-state index < -0.39 is 0 Å². The average Bonchev–Trinajstić information content (AvgIpc) is 2.89. The van der Waals surface area contributed by atoms with Crippen molar-refractivity contribution in [3.05, 3.63) is 54.1 Å². The summed E-state index contributed by atoms with van der Waals surface area (Å²) in [5.41, 5.74) is 2.44. The van der Waals surface area contributed by atoms with Crippen molar-refractivity contribution < 1.29 is 0 Å². The van der Waals surface area contributed by atoms with E-state index >= 15 is 0 Å². The Morgan fingerprint density at radius 1 is 1.05 bits per heavy atom. The zero-order valence-corrected chi connectivity index (χ0v) is 14.6. The van der Waals surface area contributed by atoms with Gasteiger partial charge in [-0.2, -0.15) is 0 Å². The molecule has 1 N–H and O–H groups in total. The molecule has 2 heteroatoms. The second-order valence-electron chi connectivity index (χ2n) is 5.13. The highest BCUT2D eigenvalue weighted by atomic mass is 28.2. The van der Waals surface area contributed by atoms with Gasteiger partial charge in [-0.3, -0.25) is 0 Å². The molecule has 1 unspecified atom stereocenters. The smallest absolute Gasteiger partial charge is 0.0667 e. The fourth-order valence-corrected chi connectivity index (χ4v) is 4.38. The molecule has 0 fully saturated rings. The van der Waals surface area contributed by atoms with Crippen LogP contribution in [0.25, 0.3) is 0 Å². The second-order valence-corrected chi connectivity index (χ2v) is 7.23. The molecule has 0 heterocycles. The third-order valence-corrected chi connectivity index (χ3v) is 5.65. The van der Waals surface area contributed by atoms with Gasteiger partial charge in [0.05, 0.1) is 9.52 Å². The zero-order valence-electron chi connectivity index (χ0n) is 13.2. The number of nitrogens with one attached hydrogen (secondary N) is 1. The van der Waals surface area contributed by atoms with Crippen LogP contribution in [0.1, 0.15) is 33.6 Å². The SMILES string of the molecule is CCCC1=CC=CC1[SiH2]c1ccccc1.CCNCC. The van der Waals surface area contributed by atoms with Gasteiger partial charge in [0.15, 0.2) is 0 Å². The number of benzene rings is 1. The normalized spacial score (nSPS) is 17.1. The molecule has 1 nitrogen and oxygen atoms in total. The molecule has 1 aliphatic carbocycles. The van der Waals surface area contributed by atoms with Gasteiger partial charge in [-0.05, 0) is 25.1 Å². The minimum absolute atomic E-state index is 0.158. The van der Waals surface area contributed by atoms with Crippen molar-refractivity contribution in [1.29, 1.82) is 0 Å². The summed E-state index contributed by atoms with van der Waals surface area (Å²) in [5.74, 6) is 0. The van der Waals surface area contributed by atoms with Gasteiger partial charge < -0.3 is 5.32 Å². The Labute approximate surface area is 127 Å². The van der Waals surface area contributed by atoms with Crippen molar-refractivity contribution in [2.24, 2.45) is 0 Å². The summed E-state index contributed by atoms with van der Waals surface area (Å²) in [7, 11) is -0.158. The molecule has 0 amide bonds. The maximum Gasteiger partial charge on any atom is 0.0667 e. The van der Waals surface area contributed by atoms with Gasteiger partial charge in [0.2, 0.25) is 0 Å². The molecular weight excluding hydrogens is 258 g/mol. The van der Waals surface area contributed by atoms with Gasteiger partial charge in [-0.15, -0.1) is 0 Å². The van der Waals surface area contributed by atoms with Crippen LogP contribution in [0.15, 0.2) is 54.1 Å².